The molecule has 0 aliphatic carbocycles. The third kappa shape index (κ3) is 5.38. The van der Waals surface area contributed by atoms with Crippen molar-refractivity contribution in [2.24, 2.45) is 0 Å². The fourth-order valence-electron chi connectivity index (χ4n) is 1.62. The van der Waals surface area contributed by atoms with Crippen molar-refractivity contribution in [1.82, 2.24) is 4.90 Å². The molecule has 0 aliphatic rings. The number of hydrogen-bond donors (Lipinski definition) is 0. The van der Waals surface area contributed by atoms with Gasteiger partial charge in [-0.3, -0.25) is 0 Å². The summed E-state index contributed by atoms with van der Waals surface area (Å²) < 4.78 is 0. The average molecular weight is 203 g/mol. The van der Waals surface area contributed by atoms with Crippen molar-refractivity contribution < 1.29 is 0 Å². The lowest BCUT2D eigenvalue weighted by Gasteiger charge is -2.16. The number of nitrogens with zero attached hydrogens (tertiary/aromatic N) is 1. The van der Waals surface area contributed by atoms with Crippen molar-refractivity contribution in [1.29, 1.82) is 0 Å². The van der Waals surface area contributed by atoms with Gasteiger partial charge in [0.05, 0.1) is 0 Å². The Balaban J connectivity index is 2.24. The van der Waals surface area contributed by atoms with E-state index < -0.39 is 0 Å². The summed E-state index contributed by atoms with van der Waals surface area (Å²) in [5, 5.41) is 0. The topological polar surface area (TPSA) is 3.24 Å². The highest BCUT2D eigenvalue weighted by atomic mass is 15.1. The zero-order valence-corrected chi connectivity index (χ0v) is 9.87. The first kappa shape index (κ1) is 12.0. The molecule has 0 atom stereocenters. The lowest BCUT2D eigenvalue weighted by atomic mass is 10.1. The number of hydrogen-bond acceptors (Lipinski definition) is 1. The average Bonchev–Trinajstić information content (AvgIpc) is 2.18. The Morgan fingerprint density at radius 3 is 2.53 bits per heavy atom. The van der Waals surface area contributed by atoms with Crippen LogP contribution in [0.4, 0.5) is 0 Å². The summed E-state index contributed by atoms with van der Waals surface area (Å²) in [6.07, 6.45) is 2.35. The monoisotopic (exact) mass is 203 g/mol. The first-order valence-electron chi connectivity index (χ1n) is 5.55. The van der Waals surface area contributed by atoms with Gasteiger partial charge >= 0.3 is 0 Å². The van der Waals surface area contributed by atoms with Gasteiger partial charge in [0.15, 0.2) is 0 Å². The zero-order chi connectivity index (χ0) is 11.1. The maximum Gasteiger partial charge on any atom is 0.0230 e. The van der Waals surface area contributed by atoms with E-state index in [1.54, 1.807) is 0 Å². The van der Waals surface area contributed by atoms with Gasteiger partial charge in [0.1, 0.15) is 0 Å². The maximum absolute atomic E-state index is 3.92. The summed E-state index contributed by atoms with van der Waals surface area (Å²) in [4.78, 5) is 2.36. The largest absolute Gasteiger partial charge is 0.302 e. The minimum Gasteiger partial charge on any atom is -0.302 e. The van der Waals surface area contributed by atoms with Crippen LogP contribution in [-0.4, -0.2) is 18.5 Å². The van der Waals surface area contributed by atoms with Crippen molar-refractivity contribution in [2.45, 2.75) is 26.3 Å². The van der Waals surface area contributed by atoms with Gasteiger partial charge in [0.25, 0.3) is 0 Å². The molecule has 0 aliphatic heterocycles. The predicted molar refractivity (Wildman–Crippen MR) is 66.8 cm³/mol. The summed E-state index contributed by atoms with van der Waals surface area (Å²) in [7, 11) is 2.17. The minimum atomic E-state index is 1.04. The standard InChI is InChI=1S/C14H21N/c1-13(2)8-7-11-15(3)12-14-9-5-4-6-10-14/h4-6,9-10H,1,7-8,11-12H2,2-3H3. The molecule has 1 heteroatoms. The molecule has 0 N–H and O–H groups in total. The summed E-state index contributed by atoms with van der Waals surface area (Å²) in [6.45, 7) is 8.19. The van der Waals surface area contributed by atoms with Gasteiger partial charge in [-0.1, -0.05) is 35.9 Å². The molecule has 1 aromatic rings. The molecule has 0 saturated heterocycles. The molecule has 0 aromatic heterocycles. The van der Waals surface area contributed by atoms with Crippen molar-refractivity contribution in [3.05, 3.63) is 48.0 Å². The molecule has 0 heterocycles. The van der Waals surface area contributed by atoms with E-state index in [0.29, 0.717) is 0 Å². The second-order valence-electron chi connectivity index (χ2n) is 4.28. The maximum atomic E-state index is 3.92. The second-order valence-corrected chi connectivity index (χ2v) is 4.28. The SMILES string of the molecule is C=C(C)CCCN(C)Cc1ccccc1. The van der Waals surface area contributed by atoms with Crippen molar-refractivity contribution in [3.63, 3.8) is 0 Å². The molecule has 0 fully saturated rings. The molecule has 0 bridgehead atoms. The van der Waals surface area contributed by atoms with Gasteiger partial charge in [-0.05, 0) is 38.9 Å². The molecule has 1 nitrogen and oxygen atoms in total. The fourth-order valence-corrected chi connectivity index (χ4v) is 1.62. The molecule has 0 amide bonds. The Labute approximate surface area is 93.4 Å². The molecule has 0 unspecified atom stereocenters. The first-order chi connectivity index (χ1) is 7.18. The molecule has 1 rings (SSSR count). The van der Waals surface area contributed by atoms with Crippen LogP contribution < -0.4 is 0 Å². The summed E-state index contributed by atoms with van der Waals surface area (Å²) >= 11 is 0. The predicted octanol–water partition coefficient (Wildman–Crippen LogP) is 3.47. The van der Waals surface area contributed by atoms with Crippen molar-refractivity contribution in [3.8, 4) is 0 Å². The van der Waals surface area contributed by atoms with Crippen LogP contribution in [0.3, 0.4) is 0 Å². The van der Waals surface area contributed by atoms with E-state index in [4.69, 9.17) is 0 Å². The zero-order valence-electron chi connectivity index (χ0n) is 9.87. The quantitative estimate of drug-likeness (QED) is 0.640. The van der Waals surface area contributed by atoms with Gasteiger partial charge in [0, 0.05) is 6.54 Å². The van der Waals surface area contributed by atoms with Gasteiger partial charge in [0.2, 0.25) is 0 Å². The molecule has 0 spiro atoms. The van der Waals surface area contributed by atoms with Gasteiger partial charge in [-0.2, -0.15) is 0 Å². The van der Waals surface area contributed by atoms with E-state index >= 15 is 0 Å². The highest BCUT2D eigenvalue weighted by molar-refractivity contribution is 5.14. The summed E-state index contributed by atoms with van der Waals surface area (Å²) in [5.74, 6) is 0. The number of benzene rings is 1. The van der Waals surface area contributed by atoms with Crippen LogP contribution in [0.15, 0.2) is 42.5 Å². The smallest absolute Gasteiger partial charge is 0.0230 e. The number of rotatable bonds is 6. The highest BCUT2D eigenvalue weighted by Gasteiger charge is 1.99. The second kappa shape index (κ2) is 6.41. The van der Waals surface area contributed by atoms with Gasteiger partial charge in [-0.15, -0.1) is 6.58 Å². The van der Waals surface area contributed by atoms with Crippen LogP contribution >= 0.6 is 0 Å². The van der Waals surface area contributed by atoms with Crippen molar-refractivity contribution >= 4 is 0 Å². The van der Waals surface area contributed by atoms with E-state index in [9.17, 15) is 0 Å². The molecule has 0 saturated carbocycles. The van der Waals surface area contributed by atoms with Crippen LogP contribution in [0.5, 0.6) is 0 Å². The fraction of sp³-hybridized carbons (Fsp3) is 0.429. The van der Waals surface area contributed by atoms with Crippen LogP contribution in [0.2, 0.25) is 0 Å². The Bertz CT molecular complexity index is 289. The Kier molecular flexibility index (Phi) is 5.13. The Morgan fingerprint density at radius 1 is 1.27 bits per heavy atom. The third-order valence-electron chi connectivity index (χ3n) is 2.44. The van der Waals surface area contributed by atoms with Crippen LogP contribution in [0.25, 0.3) is 0 Å². The molecular formula is C14H21N. The van der Waals surface area contributed by atoms with Crippen LogP contribution in [0, 0.1) is 0 Å². The lowest BCUT2D eigenvalue weighted by molar-refractivity contribution is 0.322. The van der Waals surface area contributed by atoms with Crippen LogP contribution in [0.1, 0.15) is 25.3 Å². The molecule has 1 aromatic carbocycles. The van der Waals surface area contributed by atoms with Gasteiger partial charge in [-0.25, -0.2) is 0 Å². The normalized spacial score (nSPS) is 10.6. The van der Waals surface area contributed by atoms with Gasteiger partial charge < -0.3 is 4.90 Å². The summed E-state index contributed by atoms with van der Waals surface area (Å²) in [5.41, 5.74) is 2.67. The highest BCUT2D eigenvalue weighted by Crippen LogP contribution is 2.05. The first-order valence-corrected chi connectivity index (χ1v) is 5.55. The number of allylic oxidation sites excluding steroid dienone is 1. The minimum absolute atomic E-state index is 1.04. The Hall–Kier alpha value is -1.08. The molecule has 0 radical (unpaired) electrons. The van der Waals surface area contributed by atoms with E-state index in [0.717, 1.165) is 19.5 Å². The molecular weight excluding hydrogens is 182 g/mol. The van der Waals surface area contributed by atoms with E-state index in [1.165, 1.54) is 17.6 Å². The Morgan fingerprint density at radius 2 is 1.93 bits per heavy atom. The molecule has 15 heavy (non-hydrogen) atoms. The lowest BCUT2D eigenvalue weighted by Crippen LogP contribution is -2.18. The molecule has 82 valence electrons. The van der Waals surface area contributed by atoms with E-state index in [1.807, 2.05) is 0 Å². The summed E-state index contributed by atoms with van der Waals surface area (Å²) in [6, 6.07) is 10.6. The van der Waals surface area contributed by atoms with E-state index in [2.05, 4.69) is 55.8 Å². The van der Waals surface area contributed by atoms with Crippen LogP contribution in [-0.2, 0) is 6.54 Å². The third-order valence-corrected chi connectivity index (χ3v) is 2.44. The van der Waals surface area contributed by atoms with E-state index in [-0.39, 0.29) is 0 Å². The van der Waals surface area contributed by atoms with Crippen molar-refractivity contribution in [2.75, 3.05) is 13.6 Å².